The molecule has 1 aromatic carbocycles. The SMILES string of the molecule is CCN(CCCl)C(=O)C1CC1c1ccccc1. The molecule has 1 aliphatic carbocycles. The number of benzene rings is 1. The Hall–Kier alpha value is -1.02. The van der Waals surface area contributed by atoms with Gasteiger partial charge in [0, 0.05) is 24.9 Å². The van der Waals surface area contributed by atoms with Crippen LogP contribution in [0.4, 0.5) is 0 Å². The average Bonchev–Trinajstić information content (AvgIpc) is 3.16. The summed E-state index contributed by atoms with van der Waals surface area (Å²) in [6.07, 6.45) is 0.988. The van der Waals surface area contributed by atoms with Crippen LogP contribution in [0.2, 0.25) is 0 Å². The molecule has 2 atom stereocenters. The quantitative estimate of drug-likeness (QED) is 0.737. The zero-order chi connectivity index (χ0) is 12.3. The zero-order valence-electron chi connectivity index (χ0n) is 10.1. The molecule has 0 aliphatic heterocycles. The van der Waals surface area contributed by atoms with Gasteiger partial charge in [0.2, 0.25) is 5.91 Å². The van der Waals surface area contributed by atoms with Crippen molar-refractivity contribution in [2.75, 3.05) is 19.0 Å². The molecule has 1 aromatic rings. The number of carbonyl (C=O) groups is 1. The van der Waals surface area contributed by atoms with Crippen LogP contribution < -0.4 is 0 Å². The summed E-state index contributed by atoms with van der Waals surface area (Å²) in [6.45, 7) is 3.42. The van der Waals surface area contributed by atoms with Crippen molar-refractivity contribution in [2.45, 2.75) is 19.3 Å². The summed E-state index contributed by atoms with van der Waals surface area (Å²) < 4.78 is 0. The average molecular weight is 252 g/mol. The number of alkyl halides is 1. The van der Waals surface area contributed by atoms with Gasteiger partial charge in [0.25, 0.3) is 0 Å². The van der Waals surface area contributed by atoms with E-state index >= 15 is 0 Å². The van der Waals surface area contributed by atoms with E-state index in [9.17, 15) is 4.79 Å². The Morgan fingerprint density at radius 2 is 2.12 bits per heavy atom. The van der Waals surface area contributed by atoms with Crippen LogP contribution in [0.5, 0.6) is 0 Å². The van der Waals surface area contributed by atoms with E-state index in [0.29, 0.717) is 18.3 Å². The first-order chi connectivity index (χ1) is 8.27. The third kappa shape index (κ3) is 2.81. The third-order valence-electron chi connectivity index (χ3n) is 3.38. The van der Waals surface area contributed by atoms with E-state index in [1.54, 1.807) is 0 Å². The molecule has 1 saturated carbocycles. The molecule has 0 N–H and O–H groups in total. The van der Waals surface area contributed by atoms with Gasteiger partial charge in [-0.05, 0) is 24.8 Å². The minimum atomic E-state index is 0.181. The number of hydrogen-bond donors (Lipinski definition) is 0. The van der Waals surface area contributed by atoms with Crippen LogP contribution in [0.1, 0.15) is 24.8 Å². The van der Waals surface area contributed by atoms with Gasteiger partial charge in [-0.2, -0.15) is 0 Å². The molecule has 1 aliphatic rings. The first-order valence-corrected chi connectivity index (χ1v) is 6.71. The van der Waals surface area contributed by atoms with E-state index in [0.717, 1.165) is 13.0 Å². The van der Waals surface area contributed by atoms with Crippen molar-refractivity contribution >= 4 is 17.5 Å². The summed E-state index contributed by atoms with van der Waals surface area (Å²) in [4.78, 5) is 14.0. The van der Waals surface area contributed by atoms with Crippen LogP contribution in [0, 0.1) is 5.92 Å². The van der Waals surface area contributed by atoms with Gasteiger partial charge in [0.05, 0.1) is 0 Å². The van der Waals surface area contributed by atoms with Crippen LogP contribution in [0.25, 0.3) is 0 Å². The van der Waals surface area contributed by atoms with Crippen LogP contribution >= 0.6 is 11.6 Å². The fraction of sp³-hybridized carbons (Fsp3) is 0.500. The number of amides is 1. The predicted octanol–water partition coefficient (Wildman–Crippen LogP) is 2.88. The van der Waals surface area contributed by atoms with Crippen molar-refractivity contribution in [2.24, 2.45) is 5.92 Å². The van der Waals surface area contributed by atoms with Crippen LogP contribution in [0.15, 0.2) is 30.3 Å². The highest BCUT2D eigenvalue weighted by Gasteiger charge is 2.45. The van der Waals surface area contributed by atoms with E-state index < -0.39 is 0 Å². The molecule has 0 aromatic heterocycles. The van der Waals surface area contributed by atoms with Gasteiger partial charge in [-0.3, -0.25) is 4.79 Å². The van der Waals surface area contributed by atoms with Crippen molar-refractivity contribution in [3.05, 3.63) is 35.9 Å². The Balaban J connectivity index is 1.96. The van der Waals surface area contributed by atoms with Gasteiger partial charge in [-0.15, -0.1) is 11.6 Å². The molecule has 1 amide bonds. The molecule has 17 heavy (non-hydrogen) atoms. The maximum Gasteiger partial charge on any atom is 0.226 e. The molecule has 0 spiro atoms. The number of carbonyl (C=O) groups excluding carboxylic acids is 1. The molecule has 1 fully saturated rings. The van der Waals surface area contributed by atoms with Crippen LogP contribution in [0.3, 0.4) is 0 Å². The maximum atomic E-state index is 12.2. The van der Waals surface area contributed by atoms with E-state index in [4.69, 9.17) is 11.6 Å². The molecule has 0 radical (unpaired) electrons. The minimum Gasteiger partial charge on any atom is -0.342 e. The van der Waals surface area contributed by atoms with Gasteiger partial charge >= 0.3 is 0 Å². The fourth-order valence-corrected chi connectivity index (χ4v) is 2.50. The Labute approximate surface area is 108 Å². The van der Waals surface area contributed by atoms with Crippen molar-refractivity contribution < 1.29 is 4.79 Å². The highest BCUT2D eigenvalue weighted by molar-refractivity contribution is 6.18. The molecule has 0 saturated heterocycles. The summed E-state index contributed by atoms with van der Waals surface area (Å²) in [5.41, 5.74) is 1.28. The summed E-state index contributed by atoms with van der Waals surface area (Å²) in [7, 11) is 0. The lowest BCUT2D eigenvalue weighted by atomic mass is 10.1. The Bertz CT molecular complexity index is 379. The summed E-state index contributed by atoms with van der Waals surface area (Å²) in [5.74, 6) is 1.39. The Morgan fingerprint density at radius 3 is 2.71 bits per heavy atom. The van der Waals surface area contributed by atoms with Gasteiger partial charge in [-0.1, -0.05) is 30.3 Å². The molecular formula is C14H18ClNO. The maximum absolute atomic E-state index is 12.2. The van der Waals surface area contributed by atoms with Crippen LogP contribution in [-0.2, 0) is 4.79 Å². The molecule has 92 valence electrons. The fourth-order valence-electron chi connectivity index (χ4n) is 2.30. The van der Waals surface area contributed by atoms with Gasteiger partial charge in [0.15, 0.2) is 0 Å². The first-order valence-electron chi connectivity index (χ1n) is 6.17. The smallest absolute Gasteiger partial charge is 0.226 e. The van der Waals surface area contributed by atoms with Gasteiger partial charge in [0.1, 0.15) is 0 Å². The summed E-state index contributed by atoms with van der Waals surface area (Å²) in [5, 5.41) is 0. The van der Waals surface area contributed by atoms with Crippen molar-refractivity contribution in [3.63, 3.8) is 0 Å². The van der Waals surface area contributed by atoms with Crippen LogP contribution in [-0.4, -0.2) is 29.8 Å². The number of hydrogen-bond acceptors (Lipinski definition) is 1. The van der Waals surface area contributed by atoms with Crippen molar-refractivity contribution in [1.29, 1.82) is 0 Å². The Kier molecular flexibility index (Phi) is 4.06. The molecule has 0 heterocycles. The normalized spacial score (nSPS) is 22.2. The molecule has 2 nitrogen and oxygen atoms in total. The van der Waals surface area contributed by atoms with E-state index in [-0.39, 0.29) is 11.8 Å². The monoisotopic (exact) mass is 251 g/mol. The summed E-state index contributed by atoms with van der Waals surface area (Å²) in [6, 6.07) is 10.3. The molecule has 3 heteroatoms. The number of nitrogens with zero attached hydrogens (tertiary/aromatic N) is 1. The molecule has 2 unspecified atom stereocenters. The highest BCUT2D eigenvalue weighted by Crippen LogP contribution is 2.48. The lowest BCUT2D eigenvalue weighted by Gasteiger charge is -2.19. The Morgan fingerprint density at radius 1 is 1.41 bits per heavy atom. The van der Waals surface area contributed by atoms with Gasteiger partial charge in [-0.25, -0.2) is 0 Å². The van der Waals surface area contributed by atoms with E-state index in [2.05, 4.69) is 12.1 Å². The lowest BCUT2D eigenvalue weighted by molar-refractivity contribution is -0.132. The molecule has 0 bridgehead atoms. The zero-order valence-corrected chi connectivity index (χ0v) is 10.9. The predicted molar refractivity (Wildman–Crippen MR) is 70.3 cm³/mol. The second kappa shape index (κ2) is 5.54. The highest BCUT2D eigenvalue weighted by atomic mass is 35.5. The minimum absolute atomic E-state index is 0.181. The standard InChI is InChI=1S/C14H18ClNO/c1-2-16(9-8-15)14(17)13-10-12(13)11-6-4-3-5-7-11/h3-7,12-13H,2,8-10H2,1H3. The van der Waals surface area contributed by atoms with Crippen molar-refractivity contribution in [1.82, 2.24) is 4.90 Å². The molecular weight excluding hydrogens is 234 g/mol. The van der Waals surface area contributed by atoms with E-state index in [1.807, 2.05) is 30.0 Å². The first kappa shape index (κ1) is 12.4. The topological polar surface area (TPSA) is 20.3 Å². The van der Waals surface area contributed by atoms with E-state index in [1.165, 1.54) is 5.56 Å². The summed E-state index contributed by atoms with van der Waals surface area (Å²) >= 11 is 5.70. The lowest BCUT2D eigenvalue weighted by Crippen LogP contribution is -2.34. The van der Waals surface area contributed by atoms with Gasteiger partial charge < -0.3 is 4.90 Å². The number of halogens is 1. The number of rotatable bonds is 5. The third-order valence-corrected chi connectivity index (χ3v) is 3.55. The largest absolute Gasteiger partial charge is 0.342 e. The van der Waals surface area contributed by atoms with Crippen molar-refractivity contribution in [3.8, 4) is 0 Å². The second-order valence-corrected chi connectivity index (χ2v) is 4.84. The molecule has 2 rings (SSSR count). The second-order valence-electron chi connectivity index (χ2n) is 4.47.